The quantitative estimate of drug-likeness (QED) is 0.856. The second kappa shape index (κ2) is 5.74. The summed E-state index contributed by atoms with van der Waals surface area (Å²) in [6, 6.07) is 8.24. The van der Waals surface area contributed by atoms with Crippen molar-refractivity contribution >= 4 is 28.5 Å². The van der Waals surface area contributed by atoms with Crippen molar-refractivity contribution in [2.75, 3.05) is 11.2 Å². The Kier molecular flexibility index (Phi) is 4.25. The van der Waals surface area contributed by atoms with Gasteiger partial charge in [-0.05, 0) is 17.9 Å². The second-order valence-corrected chi connectivity index (χ2v) is 6.17. The summed E-state index contributed by atoms with van der Waals surface area (Å²) in [6.07, 6.45) is 2.74. The van der Waals surface area contributed by atoms with Crippen LogP contribution in [0.3, 0.4) is 0 Å². The van der Waals surface area contributed by atoms with Crippen LogP contribution < -0.4 is 5.32 Å². The van der Waals surface area contributed by atoms with Gasteiger partial charge in [0.05, 0.1) is 5.52 Å². The standard InChI is InChI=1S/C15H20ClN3/c1-15(2,3)13(8-9-16)19-14-17-10-11-6-4-5-7-12(11)18-14/h4-7,10,13H,8-9H2,1-3H3,(H,17,18,19). The van der Waals surface area contributed by atoms with Crippen LogP contribution in [0.25, 0.3) is 10.9 Å². The number of benzene rings is 1. The van der Waals surface area contributed by atoms with Crippen LogP contribution in [0.1, 0.15) is 27.2 Å². The van der Waals surface area contributed by atoms with Crippen molar-refractivity contribution in [2.45, 2.75) is 33.2 Å². The number of hydrogen-bond acceptors (Lipinski definition) is 3. The molecule has 0 aliphatic heterocycles. The van der Waals surface area contributed by atoms with Gasteiger partial charge in [0.2, 0.25) is 5.95 Å². The summed E-state index contributed by atoms with van der Waals surface area (Å²) in [5.74, 6) is 1.30. The maximum atomic E-state index is 5.88. The molecular weight excluding hydrogens is 258 g/mol. The van der Waals surface area contributed by atoms with Crippen LogP contribution in [0.4, 0.5) is 5.95 Å². The van der Waals surface area contributed by atoms with E-state index in [9.17, 15) is 0 Å². The summed E-state index contributed by atoms with van der Waals surface area (Å²) in [5, 5.41) is 4.46. The Morgan fingerprint density at radius 1 is 1.26 bits per heavy atom. The molecule has 0 bridgehead atoms. The van der Waals surface area contributed by atoms with Crippen molar-refractivity contribution in [1.82, 2.24) is 9.97 Å². The van der Waals surface area contributed by atoms with E-state index < -0.39 is 0 Å². The normalized spacial score (nSPS) is 13.5. The fraction of sp³-hybridized carbons (Fsp3) is 0.467. The number of halogens is 1. The Bertz CT molecular complexity index is 548. The number of para-hydroxylation sites is 1. The molecule has 0 saturated heterocycles. The zero-order valence-corrected chi connectivity index (χ0v) is 12.4. The number of rotatable bonds is 4. The van der Waals surface area contributed by atoms with Crippen molar-refractivity contribution in [3.63, 3.8) is 0 Å². The lowest BCUT2D eigenvalue weighted by atomic mass is 9.85. The molecule has 1 atom stereocenters. The molecule has 0 spiro atoms. The van der Waals surface area contributed by atoms with E-state index in [0.717, 1.165) is 17.3 Å². The van der Waals surface area contributed by atoms with Crippen LogP contribution in [0, 0.1) is 5.41 Å². The van der Waals surface area contributed by atoms with Crippen LogP contribution in [0.5, 0.6) is 0 Å². The Morgan fingerprint density at radius 2 is 2.00 bits per heavy atom. The molecule has 0 fully saturated rings. The minimum atomic E-state index is 0.115. The highest BCUT2D eigenvalue weighted by atomic mass is 35.5. The van der Waals surface area contributed by atoms with Gasteiger partial charge in [-0.25, -0.2) is 9.97 Å². The van der Waals surface area contributed by atoms with Gasteiger partial charge < -0.3 is 5.32 Å². The highest BCUT2D eigenvalue weighted by Gasteiger charge is 2.24. The van der Waals surface area contributed by atoms with Gasteiger partial charge >= 0.3 is 0 Å². The molecule has 19 heavy (non-hydrogen) atoms. The SMILES string of the molecule is CC(C)(C)C(CCCl)Nc1ncc2ccccc2n1. The van der Waals surface area contributed by atoms with Gasteiger partial charge in [0.1, 0.15) is 0 Å². The lowest BCUT2D eigenvalue weighted by Crippen LogP contribution is -2.35. The maximum absolute atomic E-state index is 5.88. The van der Waals surface area contributed by atoms with Crippen molar-refractivity contribution in [3.8, 4) is 0 Å². The van der Waals surface area contributed by atoms with Crippen molar-refractivity contribution < 1.29 is 0 Å². The van der Waals surface area contributed by atoms with E-state index in [1.807, 2.05) is 30.5 Å². The molecule has 2 aromatic rings. The summed E-state index contributed by atoms with van der Waals surface area (Å²) >= 11 is 5.88. The number of aromatic nitrogens is 2. The van der Waals surface area contributed by atoms with Crippen LogP contribution in [-0.4, -0.2) is 21.9 Å². The molecule has 0 saturated carbocycles. The van der Waals surface area contributed by atoms with Crippen LogP contribution in [0.15, 0.2) is 30.5 Å². The van der Waals surface area contributed by atoms with E-state index in [1.165, 1.54) is 0 Å². The first-order valence-electron chi connectivity index (χ1n) is 6.55. The van der Waals surface area contributed by atoms with Gasteiger partial charge in [-0.2, -0.15) is 0 Å². The molecule has 1 aromatic heterocycles. The molecular formula is C15H20ClN3. The highest BCUT2D eigenvalue weighted by Crippen LogP contribution is 2.25. The largest absolute Gasteiger partial charge is 0.351 e. The van der Waals surface area contributed by atoms with Crippen LogP contribution in [0.2, 0.25) is 0 Å². The van der Waals surface area contributed by atoms with E-state index in [0.29, 0.717) is 11.8 Å². The third-order valence-electron chi connectivity index (χ3n) is 3.24. The number of fused-ring (bicyclic) bond motifs is 1. The minimum absolute atomic E-state index is 0.115. The molecule has 0 radical (unpaired) electrons. The van der Waals surface area contributed by atoms with Gasteiger partial charge in [0, 0.05) is 23.5 Å². The van der Waals surface area contributed by atoms with Crippen molar-refractivity contribution in [2.24, 2.45) is 5.41 Å². The van der Waals surface area contributed by atoms with Gasteiger partial charge in [-0.3, -0.25) is 0 Å². The molecule has 1 aromatic carbocycles. The zero-order chi connectivity index (χ0) is 13.9. The number of nitrogens with one attached hydrogen (secondary N) is 1. The van der Waals surface area contributed by atoms with E-state index in [4.69, 9.17) is 11.6 Å². The Balaban J connectivity index is 2.23. The molecule has 3 nitrogen and oxygen atoms in total. The summed E-state index contributed by atoms with van der Waals surface area (Å²) in [4.78, 5) is 8.92. The first kappa shape index (κ1) is 14.1. The molecule has 102 valence electrons. The van der Waals surface area contributed by atoms with Crippen molar-refractivity contribution in [1.29, 1.82) is 0 Å². The van der Waals surface area contributed by atoms with Crippen LogP contribution >= 0.6 is 11.6 Å². The van der Waals surface area contributed by atoms with Crippen LogP contribution in [-0.2, 0) is 0 Å². The molecule has 0 amide bonds. The second-order valence-electron chi connectivity index (χ2n) is 5.79. The van der Waals surface area contributed by atoms with E-state index in [2.05, 4.69) is 36.1 Å². The van der Waals surface area contributed by atoms with E-state index >= 15 is 0 Å². The van der Waals surface area contributed by atoms with Gasteiger partial charge in [-0.1, -0.05) is 39.0 Å². The number of alkyl halides is 1. The van der Waals surface area contributed by atoms with Gasteiger partial charge in [0.25, 0.3) is 0 Å². The Hall–Kier alpha value is -1.35. The molecule has 1 N–H and O–H groups in total. The summed E-state index contributed by atoms with van der Waals surface area (Å²) in [6.45, 7) is 6.58. The lowest BCUT2D eigenvalue weighted by molar-refractivity contribution is 0.333. The fourth-order valence-electron chi connectivity index (χ4n) is 2.03. The average molecular weight is 278 g/mol. The molecule has 0 aliphatic carbocycles. The highest BCUT2D eigenvalue weighted by molar-refractivity contribution is 6.17. The lowest BCUT2D eigenvalue weighted by Gasteiger charge is -2.31. The monoisotopic (exact) mass is 277 g/mol. The van der Waals surface area contributed by atoms with E-state index in [1.54, 1.807) is 0 Å². The minimum Gasteiger partial charge on any atom is -0.351 e. The van der Waals surface area contributed by atoms with E-state index in [-0.39, 0.29) is 11.5 Å². The molecule has 1 heterocycles. The predicted molar refractivity (Wildman–Crippen MR) is 81.7 cm³/mol. The number of nitrogens with zero attached hydrogens (tertiary/aromatic N) is 2. The summed E-state index contributed by atoms with van der Waals surface area (Å²) < 4.78 is 0. The summed E-state index contributed by atoms with van der Waals surface area (Å²) in [7, 11) is 0. The molecule has 0 aliphatic rings. The zero-order valence-electron chi connectivity index (χ0n) is 11.7. The first-order valence-corrected chi connectivity index (χ1v) is 7.08. The molecule has 4 heteroatoms. The molecule has 2 rings (SSSR count). The number of anilines is 1. The smallest absolute Gasteiger partial charge is 0.223 e. The Morgan fingerprint density at radius 3 is 2.68 bits per heavy atom. The number of hydrogen-bond donors (Lipinski definition) is 1. The Labute approximate surface area is 119 Å². The average Bonchev–Trinajstić information content (AvgIpc) is 2.37. The van der Waals surface area contributed by atoms with Gasteiger partial charge in [-0.15, -0.1) is 11.6 Å². The summed E-state index contributed by atoms with van der Waals surface area (Å²) in [5.41, 5.74) is 1.07. The maximum Gasteiger partial charge on any atom is 0.223 e. The third-order valence-corrected chi connectivity index (χ3v) is 3.45. The molecule has 1 unspecified atom stereocenters. The predicted octanol–water partition coefficient (Wildman–Crippen LogP) is 4.09. The topological polar surface area (TPSA) is 37.8 Å². The van der Waals surface area contributed by atoms with Crippen molar-refractivity contribution in [3.05, 3.63) is 30.5 Å². The fourth-order valence-corrected chi connectivity index (χ4v) is 2.25. The van der Waals surface area contributed by atoms with Gasteiger partial charge in [0.15, 0.2) is 0 Å². The first-order chi connectivity index (χ1) is 9.00. The third kappa shape index (κ3) is 3.57.